The van der Waals surface area contributed by atoms with E-state index in [9.17, 15) is 14.4 Å². The van der Waals surface area contributed by atoms with Gasteiger partial charge in [0.2, 0.25) is 11.8 Å². The Morgan fingerprint density at radius 1 is 1.29 bits per heavy atom. The molecule has 0 aromatic heterocycles. The molecule has 7 heteroatoms. The average Bonchev–Trinajstić information content (AvgIpc) is 2.96. The Hall–Kier alpha value is -1.47. The number of nitrogens with zero attached hydrogens (tertiary/aromatic N) is 1. The molecule has 1 rings (SSSR count). The number of hydrazine groups is 1. The normalized spacial score (nSPS) is 19.2. The number of hydrogen-bond acceptors (Lipinski definition) is 5. The SMILES string of the molecule is CNN[C@H](C(=O)N1CC[C@H](NC(=O)CCCCC=O)C1)C(C)(C)C. The molecule has 7 nitrogen and oxygen atoms in total. The fourth-order valence-electron chi connectivity index (χ4n) is 2.87. The molecule has 0 unspecified atom stereocenters. The van der Waals surface area contributed by atoms with Crippen molar-refractivity contribution in [2.45, 2.75) is 65.0 Å². The molecule has 138 valence electrons. The molecule has 0 radical (unpaired) electrons. The van der Waals surface area contributed by atoms with Crippen molar-refractivity contribution in [1.29, 1.82) is 0 Å². The summed E-state index contributed by atoms with van der Waals surface area (Å²) in [5, 5.41) is 2.99. The Labute approximate surface area is 144 Å². The van der Waals surface area contributed by atoms with Crippen LogP contribution in [0.15, 0.2) is 0 Å². The van der Waals surface area contributed by atoms with Gasteiger partial charge < -0.3 is 15.0 Å². The highest BCUT2D eigenvalue weighted by atomic mass is 16.2. The van der Waals surface area contributed by atoms with E-state index in [0.29, 0.717) is 25.9 Å². The van der Waals surface area contributed by atoms with Crippen LogP contribution in [0.5, 0.6) is 0 Å². The Bertz CT molecular complexity index is 434. The molecular formula is C17H32N4O3. The van der Waals surface area contributed by atoms with Gasteiger partial charge in [0, 0.05) is 32.0 Å². The summed E-state index contributed by atoms with van der Waals surface area (Å²) < 4.78 is 0. The maximum Gasteiger partial charge on any atom is 0.241 e. The fraction of sp³-hybridized carbons (Fsp3) is 0.824. The second-order valence-corrected chi connectivity index (χ2v) is 7.44. The number of likely N-dealkylation sites (tertiary alicyclic amines) is 1. The van der Waals surface area contributed by atoms with Crippen molar-refractivity contribution in [1.82, 2.24) is 21.1 Å². The van der Waals surface area contributed by atoms with Crippen LogP contribution >= 0.6 is 0 Å². The molecule has 0 spiro atoms. The van der Waals surface area contributed by atoms with Crippen molar-refractivity contribution in [2.24, 2.45) is 5.41 Å². The second-order valence-electron chi connectivity index (χ2n) is 7.44. The summed E-state index contributed by atoms with van der Waals surface area (Å²) in [4.78, 5) is 36.7. The molecule has 24 heavy (non-hydrogen) atoms. The summed E-state index contributed by atoms with van der Waals surface area (Å²) in [6, 6.07) is -0.303. The molecule has 0 aromatic rings. The Balaban J connectivity index is 2.45. The first kappa shape index (κ1) is 20.6. The molecule has 1 fully saturated rings. The molecule has 2 amide bonds. The Kier molecular flexibility index (Phi) is 8.35. The molecule has 2 atom stereocenters. The standard InChI is InChI=1S/C17H32N4O3/c1-17(2,3)15(20-18-4)16(24)21-10-9-13(12-21)19-14(23)8-6-5-7-11-22/h11,13,15,18,20H,5-10,12H2,1-4H3,(H,19,23)/t13-,15+/m0/s1. The van der Waals surface area contributed by atoms with Gasteiger partial charge in [0.05, 0.1) is 0 Å². The molecule has 0 saturated carbocycles. The van der Waals surface area contributed by atoms with Crippen LogP contribution in [0.2, 0.25) is 0 Å². The molecule has 1 heterocycles. The zero-order valence-corrected chi connectivity index (χ0v) is 15.4. The van der Waals surface area contributed by atoms with Crippen molar-refractivity contribution < 1.29 is 14.4 Å². The first-order chi connectivity index (χ1) is 11.3. The van der Waals surface area contributed by atoms with Crippen LogP contribution in [0, 0.1) is 5.41 Å². The highest BCUT2D eigenvalue weighted by molar-refractivity contribution is 5.83. The minimum absolute atomic E-state index is 0.000851. The number of carbonyl (C=O) groups excluding carboxylic acids is 3. The maximum absolute atomic E-state index is 12.7. The van der Waals surface area contributed by atoms with Crippen LogP contribution in [-0.4, -0.2) is 55.2 Å². The van der Waals surface area contributed by atoms with Crippen LogP contribution in [-0.2, 0) is 14.4 Å². The minimum atomic E-state index is -0.319. The zero-order valence-electron chi connectivity index (χ0n) is 15.4. The van der Waals surface area contributed by atoms with E-state index in [2.05, 4.69) is 16.2 Å². The van der Waals surface area contributed by atoms with Crippen molar-refractivity contribution in [3.05, 3.63) is 0 Å². The molecule has 1 aliphatic heterocycles. The van der Waals surface area contributed by atoms with E-state index in [-0.39, 0.29) is 29.3 Å². The predicted octanol–water partition coefficient (Wildman–Crippen LogP) is 0.602. The summed E-state index contributed by atoms with van der Waals surface area (Å²) >= 11 is 0. The molecule has 0 bridgehead atoms. The van der Waals surface area contributed by atoms with Crippen LogP contribution in [0.4, 0.5) is 0 Å². The zero-order chi connectivity index (χ0) is 18.2. The van der Waals surface area contributed by atoms with E-state index in [0.717, 1.165) is 25.5 Å². The van der Waals surface area contributed by atoms with E-state index < -0.39 is 0 Å². The maximum atomic E-state index is 12.7. The van der Waals surface area contributed by atoms with E-state index in [1.54, 1.807) is 7.05 Å². The van der Waals surface area contributed by atoms with E-state index in [1.165, 1.54) is 0 Å². The van der Waals surface area contributed by atoms with Gasteiger partial charge in [-0.05, 0) is 31.7 Å². The number of unbranched alkanes of at least 4 members (excludes halogenated alkanes) is 2. The van der Waals surface area contributed by atoms with Gasteiger partial charge in [0.15, 0.2) is 0 Å². The average molecular weight is 340 g/mol. The Morgan fingerprint density at radius 2 is 2.00 bits per heavy atom. The summed E-state index contributed by atoms with van der Waals surface area (Å²) in [5.74, 6) is 0.0560. The molecule has 1 aliphatic rings. The predicted molar refractivity (Wildman–Crippen MR) is 93.1 cm³/mol. The van der Waals surface area contributed by atoms with Crippen molar-refractivity contribution >= 4 is 18.1 Å². The third-order valence-electron chi connectivity index (χ3n) is 4.24. The lowest BCUT2D eigenvalue weighted by Crippen LogP contribution is -2.56. The second kappa shape index (κ2) is 9.74. The molecule has 1 saturated heterocycles. The van der Waals surface area contributed by atoms with Crippen LogP contribution in [0.25, 0.3) is 0 Å². The van der Waals surface area contributed by atoms with E-state index in [1.807, 2.05) is 25.7 Å². The van der Waals surface area contributed by atoms with Gasteiger partial charge in [0.25, 0.3) is 0 Å². The minimum Gasteiger partial charge on any atom is -0.352 e. The lowest BCUT2D eigenvalue weighted by atomic mass is 9.86. The number of carbonyl (C=O) groups is 3. The number of amides is 2. The highest BCUT2D eigenvalue weighted by Crippen LogP contribution is 2.22. The lowest BCUT2D eigenvalue weighted by molar-refractivity contribution is -0.135. The molecule has 0 aliphatic carbocycles. The lowest BCUT2D eigenvalue weighted by Gasteiger charge is -2.33. The summed E-state index contributed by atoms with van der Waals surface area (Å²) in [7, 11) is 1.75. The number of hydrogen-bond donors (Lipinski definition) is 3. The van der Waals surface area contributed by atoms with Gasteiger partial charge in [-0.25, -0.2) is 5.43 Å². The van der Waals surface area contributed by atoms with Crippen molar-refractivity contribution in [3.8, 4) is 0 Å². The topological polar surface area (TPSA) is 90.5 Å². The molecular weight excluding hydrogens is 308 g/mol. The van der Waals surface area contributed by atoms with E-state index in [4.69, 9.17) is 0 Å². The third kappa shape index (κ3) is 6.57. The largest absolute Gasteiger partial charge is 0.352 e. The van der Waals surface area contributed by atoms with Crippen molar-refractivity contribution in [3.63, 3.8) is 0 Å². The first-order valence-electron chi connectivity index (χ1n) is 8.73. The first-order valence-corrected chi connectivity index (χ1v) is 8.73. The van der Waals surface area contributed by atoms with Crippen LogP contribution < -0.4 is 16.2 Å². The summed E-state index contributed by atoms with van der Waals surface area (Å²) in [6.07, 6.45) is 4.06. The smallest absolute Gasteiger partial charge is 0.241 e. The fourth-order valence-corrected chi connectivity index (χ4v) is 2.87. The monoisotopic (exact) mass is 340 g/mol. The Morgan fingerprint density at radius 3 is 2.58 bits per heavy atom. The van der Waals surface area contributed by atoms with Crippen molar-refractivity contribution in [2.75, 3.05) is 20.1 Å². The number of aldehydes is 1. The van der Waals surface area contributed by atoms with Gasteiger partial charge in [-0.1, -0.05) is 20.8 Å². The van der Waals surface area contributed by atoms with Gasteiger partial charge in [-0.2, -0.15) is 0 Å². The van der Waals surface area contributed by atoms with E-state index >= 15 is 0 Å². The quantitative estimate of drug-likeness (QED) is 0.325. The van der Waals surface area contributed by atoms with Gasteiger partial charge in [0.1, 0.15) is 12.3 Å². The molecule has 3 N–H and O–H groups in total. The van der Waals surface area contributed by atoms with Gasteiger partial charge in [-0.15, -0.1) is 0 Å². The number of rotatable bonds is 9. The summed E-state index contributed by atoms with van der Waals surface area (Å²) in [6.45, 7) is 7.28. The van der Waals surface area contributed by atoms with Gasteiger partial charge >= 0.3 is 0 Å². The highest BCUT2D eigenvalue weighted by Gasteiger charge is 2.37. The third-order valence-corrected chi connectivity index (χ3v) is 4.24. The summed E-state index contributed by atoms with van der Waals surface area (Å²) in [5.41, 5.74) is 5.69. The molecule has 0 aromatic carbocycles. The number of nitrogens with one attached hydrogen (secondary N) is 3. The van der Waals surface area contributed by atoms with Gasteiger partial charge in [-0.3, -0.25) is 15.0 Å². The van der Waals surface area contributed by atoms with Crippen LogP contribution in [0.1, 0.15) is 52.9 Å². The van der Waals surface area contributed by atoms with Crippen LogP contribution in [0.3, 0.4) is 0 Å².